The molecule has 0 spiro atoms. The Labute approximate surface area is 157 Å². The van der Waals surface area contributed by atoms with Crippen molar-refractivity contribution >= 4 is 27.6 Å². The lowest BCUT2D eigenvalue weighted by atomic mass is 9.99. The van der Waals surface area contributed by atoms with Crippen LogP contribution >= 0.6 is 0 Å². The molecule has 0 saturated heterocycles. The van der Waals surface area contributed by atoms with E-state index in [4.69, 9.17) is 0 Å². The third kappa shape index (κ3) is 3.31. The summed E-state index contributed by atoms with van der Waals surface area (Å²) in [7, 11) is 0. The highest BCUT2D eigenvalue weighted by Gasteiger charge is 2.16. The predicted molar refractivity (Wildman–Crippen MR) is 107 cm³/mol. The van der Waals surface area contributed by atoms with Crippen LogP contribution in [0.4, 0.5) is 4.39 Å². The number of aryl methyl sites for hydroxylation is 1. The average Bonchev–Trinajstić information content (AvgIpc) is 2.96. The van der Waals surface area contributed by atoms with Gasteiger partial charge in [0.2, 0.25) is 5.91 Å². The number of nitrogens with one attached hydrogen (secondary N) is 2. The molecule has 0 radical (unpaired) electrons. The zero-order chi connectivity index (χ0) is 19.0. The number of benzene rings is 3. The van der Waals surface area contributed by atoms with Gasteiger partial charge in [0, 0.05) is 16.6 Å². The van der Waals surface area contributed by atoms with Crippen LogP contribution in [-0.4, -0.2) is 10.9 Å². The first-order valence-corrected chi connectivity index (χ1v) is 9.06. The van der Waals surface area contributed by atoms with E-state index in [0.29, 0.717) is 0 Å². The highest BCUT2D eigenvalue weighted by atomic mass is 19.1. The smallest absolute Gasteiger partial charge is 0.224 e. The van der Waals surface area contributed by atoms with Crippen LogP contribution in [0.3, 0.4) is 0 Å². The number of amides is 1. The summed E-state index contributed by atoms with van der Waals surface area (Å²) in [6.45, 7) is 3.90. The molecular weight excluding hydrogens is 339 g/mol. The number of hydrogen-bond acceptors (Lipinski definition) is 1. The maximum absolute atomic E-state index is 13.6. The van der Waals surface area contributed by atoms with Gasteiger partial charge in [-0.05, 0) is 53.9 Å². The van der Waals surface area contributed by atoms with Gasteiger partial charge in [-0.25, -0.2) is 4.39 Å². The number of aromatic amines is 1. The largest absolute Gasteiger partial charge is 0.358 e. The highest BCUT2D eigenvalue weighted by molar-refractivity contribution is 5.91. The molecule has 136 valence electrons. The van der Waals surface area contributed by atoms with Crippen molar-refractivity contribution in [3.05, 3.63) is 83.3 Å². The van der Waals surface area contributed by atoms with Crippen LogP contribution in [-0.2, 0) is 11.2 Å². The molecule has 0 saturated carbocycles. The fraction of sp³-hybridized carbons (Fsp3) is 0.174. The van der Waals surface area contributed by atoms with Crippen molar-refractivity contribution in [2.45, 2.75) is 26.3 Å². The third-order valence-electron chi connectivity index (χ3n) is 5.09. The quantitative estimate of drug-likeness (QED) is 0.517. The minimum Gasteiger partial charge on any atom is -0.358 e. The van der Waals surface area contributed by atoms with Crippen molar-refractivity contribution in [3.63, 3.8) is 0 Å². The Hall–Kier alpha value is -3.14. The van der Waals surface area contributed by atoms with E-state index in [9.17, 15) is 9.18 Å². The monoisotopic (exact) mass is 360 g/mol. The van der Waals surface area contributed by atoms with E-state index in [1.54, 1.807) is 6.07 Å². The van der Waals surface area contributed by atoms with Gasteiger partial charge in [-0.3, -0.25) is 4.79 Å². The van der Waals surface area contributed by atoms with Crippen LogP contribution in [0.1, 0.15) is 29.8 Å². The lowest BCUT2D eigenvalue weighted by molar-refractivity contribution is -0.121. The summed E-state index contributed by atoms with van der Waals surface area (Å²) in [5.41, 5.74) is 3.66. The van der Waals surface area contributed by atoms with Crippen LogP contribution in [0.5, 0.6) is 0 Å². The van der Waals surface area contributed by atoms with Crippen LogP contribution in [0.15, 0.2) is 60.7 Å². The lowest BCUT2D eigenvalue weighted by Gasteiger charge is -2.17. The zero-order valence-electron chi connectivity index (χ0n) is 15.3. The molecule has 0 bridgehead atoms. The van der Waals surface area contributed by atoms with Gasteiger partial charge in [0.15, 0.2) is 0 Å². The van der Waals surface area contributed by atoms with Gasteiger partial charge in [-0.1, -0.05) is 42.5 Å². The van der Waals surface area contributed by atoms with Crippen molar-refractivity contribution in [1.29, 1.82) is 0 Å². The maximum Gasteiger partial charge on any atom is 0.224 e. The highest BCUT2D eigenvalue weighted by Crippen LogP contribution is 2.26. The second kappa shape index (κ2) is 6.88. The van der Waals surface area contributed by atoms with E-state index in [1.807, 2.05) is 38.1 Å². The minimum absolute atomic E-state index is 0.0799. The Morgan fingerprint density at radius 2 is 1.85 bits per heavy atom. The Morgan fingerprint density at radius 1 is 1.07 bits per heavy atom. The fourth-order valence-corrected chi connectivity index (χ4v) is 3.74. The topological polar surface area (TPSA) is 44.9 Å². The maximum atomic E-state index is 13.6. The van der Waals surface area contributed by atoms with E-state index >= 15 is 0 Å². The van der Waals surface area contributed by atoms with Crippen molar-refractivity contribution < 1.29 is 9.18 Å². The summed E-state index contributed by atoms with van der Waals surface area (Å²) in [5.74, 6) is -0.379. The zero-order valence-corrected chi connectivity index (χ0v) is 15.3. The number of H-pyrrole nitrogens is 1. The molecule has 4 heteroatoms. The standard InChI is InChI=1S/C23H21FN2O/c1-14(18-9-5-7-16-6-3-4-8-19(16)18)26-23(27)13-20-15(2)25-22-11-10-17(24)12-21(20)22/h3-12,14,25H,13H2,1-2H3,(H,26,27). The van der Waals surface area contributed by atoms with E-state index in [1.165, 1.54) is 12.1 Å². The summed E-state index contributed by atoms with van der Waals surface area (Å²) in [4.78, 5) is 15.9. The fourth-order valence-electron chi connectivity index (χ4n) is 3.74. The van der Waals surface area contributed by atoms with Crippen molar-refractivity contribution in [2.24, 2.45) is 0 Å². The van der Waals surface area contributed by atoms with Crippen LogP contribution in [0.25, 0.3) is 21.7 Å². The van der Waals surface area contributed by atoms with E-state index in [2.05, 4.69) is 28.5 Å². The molecule has 1 aromatic heterocycles. The molecular formula is C23H21FN2O. The Balaban J connectivity index is 1.58. The summed E-state index contributed by atoms with van der Waals surface area (Å²) in [6.07, 6.45) is 0.213. The third-order valence-corrected chi connectivity index (χ3v) is 5.09. The Kier molecular flexibility index (Phi) is 4.40. The van der Waals surface area contributed by atoms with Crippen molar-refractivity contribution in [2.75, 3.05) is 0 Å². The molecule has 27 heavy (non-hydrogen) atoms. The normalized spacial score (nSPS) is 12.4. The Morgan fingerprint density at radius 3 is 2.70 bits per heavy atom. The molecule has 0 fully saturated rings. The molecule has 0 aliphatic heterocycles. The molecule has 1 atom stereocenters. The SMILES string of the molecule is Cc1[nH]c2ccc(F)cc2c1CC(=O)NC(C)c1cccc2ccccc12. The Bertz CT molecular complexity index is 1140. The van der Waals surface area contributed by atoms with Gasteiger partial charge in [-0.2, -0.15) is 0 Å². The molecule has 0 aliphatic rings. The molecule has 4 rings (SSSR count). The summed E-state index contributed by atoms with van der Waals surface area (Å²) in [6, 6.07) is 18.8. The van der Waals surface area contributed by atoms with E-state index < -0.39 is 0 Å². The molecule has 1 unspecified atom stereocenters. The average molecular weight is 360 g/mol. The number of fused-ring (bicyclic) bond motifs is 2. The van der Waals surface area contributed by atoms with Gasteiger partial charge >= 0.3 is 0 Å². The second-order valence-electron chi connectivity index (χ2n) is 6.95. The molecule has 1 amide bonds. The molecule has 1 heterocycles. The molecule has 3 aromatic carbocycles. The first-order valence-electron chi connectivity index (χ1n) is 9.06. The van der Waals surface area contributed by atoms with E-state index in [-0.39, 0.29) is 24.2 Å². The molecule has 0 aliphatic carbocycles. The van der Waals surface area contributed by atoms with Gasteiger partial charge in [0.1, 0.15) is 5.82 Å². The number of rotatable bonds is 4. The molecule has 2 N–H and O–H groups in total. The van der Waals surface area contributed by atoms with Crippen LogP contribution in [0, 0.1) is 12.7 Å². The number of carbonyl (C=O) groups excluding carboxylic acids is 1. The van der Waals surface area contributed by atoms with E-state index in [0.717, 1.165) is 38.5 Å². The summed E-state index contributed by atoms with van der Waals surface area (Å²) < 4.78 is 13.6. The first-order chi connectivity index (χ1) is 13.0. The predicted octanol–water partition coefficient (Wildman–Crippen LogP) is 5.19. The molecule has 3 nitrogen and oxygen atoms in total. The summed E-state index contributed by atoms with van der Waals surface area (Å²) in [5, 5.41) is 6.14. The number of hydrogen-bond donors (Lipinski definition) is 2. The van der Waals surface area contributed by atoms with Gasteiger partial charge in [0.05, 0.1) is 12.5 Å². The number of aromatic nitrogens is 1. The minimum atomic E-state index is -0.299. The number of carbonyl (C=O) groups is 1. The molecule has 4 aromatic rings. The van der Waals surface area contributed by atoms with Gasteiger partial charge < -0.3 is 10.3 Å². The van der Waals surface area contributed by atoms with Crippen molar-refractivity contribution in [1.82, 2.24) is 10.3 Å². The summed E-state index contributed by atoms with van der Waals surface area (Å²) >= 11 is 0. The van der Waals surface area contributed by atoms with Gasteiger partial charge in [-0.15, -0.1) is 0 Å². The van der Waals surface area contributed by atoms with Crippen molar-refractivity contribution in [3.8, 4) is 0 Å². The number of halogens is 1. The van der Waals surface area contributed by atoms with Crippen LogP contribution in [0.2, 0.25) is 0 Å². The van der Waals surface area contributed by atoms with Gasteiger partial charge in [0.25, 0.3) is 0 Å². The lowest BCUT2D eigenvalue weighted by Crippen LogP contribution is -2.28. The first kappa shape index (κ1) is 17.3. The van der Waals surface area contributed by atoms with Crippen LogP contribution < -0.4 is 5.32 Å². The second-order valence-corrected chi connectivity index (χ2v) is 6.95.